The lowest BCUT2D eigenvalue weighted by Crippen LogP contribution is -2.58. The molecule has 3 aliphatic rings. The zero-order chi connectivity index (χ0) is 12.9. The summed E-state index contributed by atoms with van der Waals surface area (Å²) in [5, 5.41) is 0. The van der Waals surface area contributed by atoms with Gasteiger partial charge in [0.15, 0.2) is 0 Å². The van der Waals surface area contributed by atoms with E-state index in [2.05, 4.69) is 20.8 Å². The molecule has 3 atom stereocenters. The van der Waals surface area contributed by atoms with Crippen molar-refractivity contribution < 1.29 is 9.47 Å². The second kappa shape index (κ2) is 4.21. The fourth-order valence-corrected chi connectivity index (χ4v) is 4.53. The van der Waals surface area contributed by atoms with Crippen LogP contribution < -0.4 is 0 Å². The molecule has 1 saturated carbocycles. The predicted octanol–water partition coefficient (Wildman–Crippen LogP) is 3.93. The van der Waals surface area contributed by atoms with Gasteiger partial charge in [0.25, 0.3) is 0 Å². The molecule has 0 aromatic rings. The lowest BCUT2D eigenvalue weighted by Gasteiger charge is -2.53. The van der Waals surface area contributed by atoms with Gasteiger partial charge in [0, 0.05) is 13.2 Å². The summed E-state index contributed by atoms with van der Waals surface area (Å²) < 4.78 is 12.6. The smallest absolute Gasteiger partial charge is 0.0974 e. The van der Waals surface area contributed by atoms with Crippen molar-refractivity contribution in [3.05, 3.63) is 0 Å². The van der Waals surface area contributed by atoms with E-state index in [1.165, 1.54) is 44.9 Å². The Morgan fingerprint density at radius 2 is 1.50 bits per heavy atom. The van der Waals surface area contributed by atoms with E-state index >= 15 is 0 Å². The van der Waals surface area contributed by atoms with Crippen molar-refractivity contribution in [1.29, 1.82) is 0 Å². The van der Waals surface area contributed by atoms with Crippen LogP contribution in [0.15, 0.2) is 0 Å². The first kappa shape index (κ1) is 12.9. The summed E-state index contributed by atoms with van der Waals surface area (Å²) in [6.45, 7) is 9.04. The molecule has 104 valence electrons. The molecule has 2 nitrogen and oxygen atoms in total. The van der Waals surface area contributed by atoms with Crippen LogP contribution in [0.2, 0.25) is 0 Å². The number of hydrogen-bond acceptors (Lipinski definition) is 2. The zero-order valence-corrected chi connectivity index (χ0v) is 12.3. The van der Waals surface area contributed by atoms with Gasteiger partial charge in [-0.1, -0.05) is 20.8 Å². The van der Waals surface area contributed by atoms with Crippen LogP contribution in [0.1, 0.15) is 65.7 Å². The van der Waals surface area contributed by atoms with Gasteiger partial charge in [-0.2, -0.15) is 0 Å². The predicted molar refractivity (Wildman–Crippen MR) is 72.6 cm³/mol. The second-order valence-corrected chi connectivity index (χ2v) is 7.70. The van der Waals surface area contributed by atoms with Crippen LogP contribution in [0.3, 0.4) is 0 Å². The lowest BCUT2D eigenvalue weighted by atomic mass is 9.60. The monoisotopic (exact) mass is 252 g/mol. The van der Waals surface area contributed by atoms with E-state index in [1.807, 2.05) is 0 Å². The van der Waals surface area contributed by atoms with E-state index in [1.54, 1.807) is 0 Å². The average molecular weight is 252 g/mol. The Labute approximate surface area is 111 Å². The molecule has 3 fully saturated rings. The molecule has 2 saturated heterocycles. The van der Waals surface area contributed by atoms with E-state index < -0.39 is 0 Å². The Morgan fingerprint density at radius 3 is 2.00 bits per heavy atom. The van der Waals surface area contributed by atoms with Gasteiger partial charge < -0.3 is 9.47 Å². The minimum absolute atomic E-state index is 0.0553. The summed E-state index contributed by atoms with van der Waals surface area (Å²) in [4.78, 5) is 0. The van der Waals surface area contributed by atoms with E-state index in [0.29, 0.717) is 5.41 Å². The van der Waals surface area contributed by atoms with Gasteiger partial charge >= 0.3 is 0 Å². The van der Waals surface area contributed by atoms with Crippen LogP contribution >= 0.6 is 0 Å². The van der Waals surface area contributed by atoms with Gasteiger partial charge in [0.1, 0.15) is 0 Å². The minimum Gasteiger partial charge on any atom is -0.372 e. The van der Waals surface area contributed by atoms with E-state index in [0.717, 1.165) is 19.1 Å². The first-order valence-corrected chi connectivity index (χ1v) is 7.75. The second-order valence-electron chi connectivity index (χ2n) is 7.70. The molecular weight excluding hydrogens is 224 g/mol. The highest BCUT2D eigenvalue weighted by Crippen LogP contribution is 2.56. The molecule has 0 aromatic heterocycles. The Hall–Kier alpha value is -0.0800. The van der Waals surface area contributed by atoms with Gasteiger partial charge in [-0.3, -0.25) is 0 Å². The number of ether oxygens (including phenoxy) is 2. The molecule has 0 bridgehead atoms. The van der Waals surface area contributed by atoms with Crippen LogP contribution in [0.4, 0.5) is 0 Å². The molecule has 0 unspecified atom stereocenters. The van der Waals surface area contributed by atoms with Gasteiger partial charge in [-0.15, -0.1) is 0 Å². The molecule has 1 aliphatic carbocycles. The highest BCUT2D eigenvalue weighted by Gasteiger charge is 2.60. The van der Waals surface area contributed by atoms with Crippen molar-refractivity contribution in [2.24, 2.45) is 11.3 Å². The first-order chi connectivity index (χ1) is 8.48. The highest BCUT2D eigenvalue weighted by atomic mass is 16.6. The Morgan fingerprint density at radius 1 is 0.889 bits per heavy atom. The maximum Gasteiger partial charge on any atom is 0.0974 e. The average Bonchev–Trinajstić information content (AvgIpc) is 2.91. The minimum atomic E-state index is 0.0553. The van der Waals surface area contributed by atoms with E-state index in [9.17, 15) is 0 Å². The molecule has 18 heavy (non-hydrogen) atoms. The topological polar surface area (TPSA) is 18.5 Å². The van der Waals surface area contributed by atoms with Gasteiger partial charge in [0.2, 0.25) is 0 Å². The van der Waals surface area contributed by atoms with Gasteiger partial charge in [0.05, 0.1) is 11.2 Å². The number of hydrogen-bond donors (Lipinski definition) is 0. The summed E-state index contributed by atoms with van der Waals surface area (Å²) in [5.41, 5.74) is 0.532. The summed E-state index contributed by atoms with van der Waals surface area (Å²) >= 11 is 0. The summed E-state index contributed by atoms with van der Waals surface area (Å²) in [7, 11) is 0. The van der Waals surface area contributed by atoms with E-state index in [4.69, 9.17) is 9.47 Å². The standard InChI is InChI=1S/C16H28O2/c1-14(2,3)13-6-9-15(7-4-10-17-15)16(12-13)8-5-11-18-16/h13H,4-12H2,1-3H3/t13-,15-,16-/m1/s1. The fourth-order valence-electron chi connectivity index (χ4n) is 4.53. The summed E-state index contributed by atoms with van der Waals surface area (Å²) in [6.07, 6.45) is 8.65. The number of fused-ring (bicyclic) bond motifs is 1. The van der Waals surface area contributed by atoms with Crippen molar-refractivity contribution in [2.75, 3.05) is 13.2 Å². The molecule has 2 heterocycles. The molecule has 0 N–H and O–H groups in total. The van der Waals surface area contributed by atoms with Crippen molar-refractivity contribution >= 4 is 0 Å². The quantitative estimate of drug-likeness (QED) is 0.650. The molecular formula is C16H28O2. The van der Waals surface area contributed by atoms with Gasteiger partial charge in [-0.05, 0) is 56.3 Å². The summed E-state index contributed by atoms with van der Waals surface area (Å²) in [5.74, 6) is 0.783. The van der Waals surface area contributed by atoms with Gasteiger partial charge in [-0.25, -0.2) is 0 Å². The molecule has 0 radical (unpaired) electrons. The van der Waals surface area contributed by atoms with Crippen LogP contribution in [0.25, 0.3) is 0 Å². The Bertz CT molecular complexity index is 304. The van der Waals surface area contributed by atoms with Crippen LogP contribution in [0, 0.1) is 11.3 Å². The Balaban J connectivity index is 1.87. The zero-order valence-electron chi connectivity index (χ0n) is 12.3. The third-order valence-electron chi connectivity index (χ3n) is 5.73. The Kier molecular flexibility index (Phi) is 3.02. The van der Waals surface area contributed by atoms with Crippen LogP contribution in [-0.4, -0.2) is 24.4 Å². The molecule has 0 amide bonds. The maximum atomic E-state index is 6.32. The normalized spacial score (nSPS) is 45.2. The molecule has 0 aromatic carbocycles. The SMILES string of the molecule is CC(C)(C)[C@@H]1CC[C@]2(CCCO2)[C@@]2(CCCO2)C1. The lowest BCUT2D eigenvalue weighted by molar-refractivity contribution is -0.204. The molecule has 2 heteroatoms. The summed E-state index contributed by atoms with van der Waals surface area (Å²) in [6, 6.07) is 0. The van der Waals surface area contributed by atoms with E-state index in [-0.39, 0.29) is 11.2 Å². The van der Waals surface area contributed by atoms with Crippen LogP contribution in [-0.2, 0) is 9.47 Å². The highest BCUT2D eigenvalue weighted by molar-refractivity contribution is 5.11. The van der Waals surface area contributed by atoms with Crippen molar-refractivity contribution in [2.45, 2.75) is 76.9 Å². The third kappa shape index (κ3) is 1.84. The van der Waals surface area contributed by atoms with Crippen molar-refractivity contribution in [1.82, 2.24) is 0 Å². The van der Waals surface area contributed by atoms with Crippen LogP contribution in [0.5, 0.6) is 0 Å². The molecule has 2 spiro atoms. The largest absolute Gasteiger partial charge is 0.372 e. The van der Waals surface area contributed by atoms with Crippen molar-refractivity contribution in [3.8, 4) is 0 Å². The maximum absolute atomic E-state index is 6.32. The molecule has 2 aliphatic heterocycles. The number of rotatable bonds is 0. The third-order valence-corrected chi connectivity index (χ3v) is 5.73. The fraction of sp³-hybridized carbons (Fsp3) is 1.00. The first-order valence-electron chi connectivity index (χ1n) is 7.75. The molecule has 3 rings (SSSR count). The van der Waals surface area contributed by atoms with Crippen molar-refractivity contribution in [3.63, 3.8) is 0 Å².